The molecule has 0 spiro atoms. The number of benzene rings is 1. The van der Waals surface area contributed by atoms with E-state index in [1.807, 2.05) is 70.1 Å². The number of likely N-dealkylation sites (N-methyl/N-ethyl adjacent to an activating group) is 1. The molecule has 0 aliphatic carbocycles. The number of nitrogens with zero attached hydrogens (tertiary/aromatic N) is 2. The minimum atomic E-state index is -1.53. The molecule has 4 rings (SSSR count). The Hall–Kier alpha value is -2.20. The van der Waals surface area contributed by atoms with Gasteiger partial charge in [0, 0.05) is 51.5 Å². The van der Waals surface area contributed by atoms with Gasteiger partial charge in [-0.1, -0.05) is 51.1 Å². The van der Waals surface area contributed by atoms with Crippen molar-refractivity contribution in [2.24, 2.45) is 17.8 Å². The highest BCUT2D eigenvalue weighted by molar-refractivity contribution is 5.81. The topological polar surface area (TPSA) is 159 Å². The Morgan fingerprint density at radius 3 is 2.30 bits per heavy atom. The van der Waals surface area contributed by atoms with Crippen molar-refractivity contribution in [2.45, 2.75) is 159 Å². The molecule has 308 valence electrons. The molecule has 1 aromatic carbocycles. The molecule has 4 N–H and O–H groups in total. The van der Waals surface area contributed by atoms with Gasteiger partial charge in [0.05, 0.1) is 41.5 Å². The summed E-state index contributed by atoms with van der Waals surface area (Å²) in [5.41, 5.74) is -1.41. The number of rotatable bonds is 9. The number of aliphatic hydroxyl groups is 3. The Kier molecular flexibility index (Phi) is 15.5. The molecular weight excluding hydrogens is 694 g/mol. The van der Waals surface area contributed by atoms with Crippen molar-refractivity contribution >= 4 is 11.8 Å². The molecule has 13 nitrogen and oxygen atoms in total. The number of carbonyl (C=O) groups is 2. The van der Waals surface area contributed by atoms with Crippen LogP contribution in [0, 0.1) is 17.8 Å². The number of ether oxygens (including phenoxy) is 5. The Morgan fingerprint density at radius 2 is 1.67 bits per heavy atom. The lowest BCUT2D eigenvalue weighted by Gasteiger charge is -2.49. The van der Waals surface area contributed by atoms with Crippen LogP contribution in [0.3, 0.4) is 0 Å². The van der Waals surface area contributed by atoms with Gasteiger partial charge in [-0.3, -0.25) is 9.59 Å². The second-order valence-electron chi connectivity index (χ2n) is 17.2. The zero-order valence-electron chi connectivity index (χ0n) is 34.4. The van der Waals surface area contributed by atoms with E-state index in [0.717, 1.165) is 5.56 Å². The van der Waals surface area contributed by atoms with Gasteiger partial charge in [-0.15, -0.1) is 0 Å². The lowest BCUT2D eigenvalue weighted by molar-refractivity contribution is -0.317. The maximum atomic E-state index is 14.4. The van der Waals surface area contributed by atoms with E-state index in [-0.39, 0.29) is 49.1 Å². The molecule has 0 radical (unpaired) electrons. The number of hydrogen-bond acceptors (Lipinski definition) is 11. The highest BCUT2D eigenvalue weighted by Crippen LogP contribution is 2.39. The predicted octanol–water partition coefficient (Wildman–Crippen LogP) is 3.11. The fourth-order valence-corrected chi connectivity index (χ4v) is 8.79. The van der Waals surface area contributed by atoms with Crippen molar-refractivity contribution in [1.82, 2.24) is 15.1 Å². The van der Waals surface area contributed by atoms with Gasteiger partial charge in [0.2, 0.25) is 11.8 Å². The van der Waals surface area contributed by atoms with Gasteiger partial charge in [0.15, 0.2) is 12.6 Å². The second-order valence-corrected chi connectivity index (χ2v) is 17.2. The van der Waals surface area contributed by atoms with E-state index in [1.54, 1.807) is 39.6 Å². The summed E-state index contributed by atoms with van der Waals surface area (Å²) in [7, 11) is 7.09. The summed E-state index contributed by atoms with van der Waals surface area (Å²) >= 11 is 0. The van der Waals surface area contributed by atoms with Gasteiger partial charge in [-0.05, 0) is 79.0 Å². The molecule has 0 aromatic heterocycles. The van der Waals surface area contributed by atoms with Crippen molar-refractivity contribution < 1.29 is 48.6 Å². The highest BCUT2D eigenvalue weighted by atomic mass is 16.7. The van der Waals surface area contributed by atoms with E-state index in [1.165, 1.54) is 7.11 Å². The largest absolute Gasteiger partial charge is 0.387 e. The smallest absolute Gasteiger partial charge is 0.225 e. The van der Waals surface area contributed by atoms with Gasteiger partial charge < -0.3 is 54.1 Å². The molecule has 3 heterocycles. The van der Waals surface area contributed by atoms with E-state index < -0.39 is 72.2 Å². The van der Waals surface area contributed by atoms with Gasteiger partial charge in [-0.25, -0.2) is 0 Å². The van der Waals surface area contributed by atoms with Crippen LogP contribution in [-0.4, -0.2) is 144 Å². The zero-order chi connectivity index (χ0) is 40.1. The summed E-state index contributed by atoms with van der Waals surface area (Å²) < 4.78 is 31.7. The number of nitrogens with one attached hydrogen (secondary N) is 1. The summed E-state index contributed by atoms with van der Waals surface area (Å²) in [6.45, 7) is 13.2. The van der Waals surface area contributed by atoms with Gasteiger partial charge in [0.1, 0.15) is 12.2 Å². The molecule has 13 heteroatoms. The highest BCUT2D eigenvalue weighted by Gasteiger charge is 2.51. The van der Waals surface area contributed by atoms with E-state index in [2.05, 4.69) is 5.32 Å². The Balaban J connectivity index is 1.76. The van der Waals surface area contributed by atoms with Crippen LogP contribution >= 0.6 is 0 Å². The maximum Gasteiger partial charge on any atom is 0.225 e. The number of carbonyl (C=O) groups excluding carboxylic acids is 2. The summed E-state index contributed by atoms with van der Waals surface area (Å²) in [6.07, 6.45) is -4.32. The van der Waals surface area contributed by atoms with Crippen molar-refractivity contribution in [3.63, 3.8) is 0 Å². The normalized spacial score (nSPS) is 42.1. The molecule has 0 saturated carbocycles. The molecule has 3 fully saturated rings. The van der Waals surface area contributed by atoms with Crippen molar-refractivity contribution in [1.29, 1.82) is 0 Å². The van der Waals surface area contributed by atoms with Crippen molar-refractivity contribution in [2.75, 3.05) is 34.8 Å². The average Bonchev–Trinajstić information content (AvgIpc) is 3.10. The molecule has 54 heavy (non-hydrogen) atoms. The fourth-order valence-electron chi connectivity index (χ4n) is 8.79. The SMILES string of the molecule is CO[C@]1(C)C[C@H](O[C@H]2[C@H](C)[C@@H](O[C@@H]3O[C@H](C)C[C@H](N(C)C)[C@H]3O)[C@](C)(O)C[C@@H](C)CN(C)C(=O)C[C@H](CCc3ccccc3)NC(=O)[C@@H]2C)O[C@@H](C)[C@@H]1O. The van der Waals surface area contributed by atoms with E-state index in [4.69, 9.17) is 23.7 Å². The molecule has 0 bridgehead atoms. The quantitative estimate of drug-likeness (QED) is 0.293. The Labute approximate surface area is 323 Å². The Morgan fingerprint density at radius 1 is 1.00 bits per heavy atom. The summed E-state index contributed by atoms with van der Waals surface area (Å²) in [5.74, 6) is -2.06. The first-order valence-corrected chi connectivity index (χ1v) is 19.8. The monoisotopic (exact) mass is 763 g/mol. The maximum absolute atomic E-state index is 14.4. The molecule has 0 unspecified atom stereocenters. The standard InChI is InChI=1S/C41H69N3O10/c1-24-21-40(6,49)37(54-39-34(46)31(43(8)9)19-25(2)51-39)26(3)35(53-33-22-41(7,50-11)36(47)28(5)52-33)27(4)38(48)42-30(20-32(45)44(10)23-24)18-17-29-15-13-12-14-16-29/h12-16,24-28,30-31,33-37,39,46-47,49H,17-23H2,1-11H3,(H,42,48)/t24-,25-,26+,27-,28+,30+,31+,33+,34-,35+,36+,37-,39+,40-,41-/m1/s1. The van der Waals surface area contributed by atoms with Gasteiger partial charge in [-0.2, -0.15) is 0 Å². The lowest BCUT2D eigenvalue weighted by atomic mass is 9.77. The summed E-state index contributed by atoms with van der Waals surface area (Å²) in [5, 5.41) is 38.2. The molecule has 2 amide bonds. The van der Waals surface area contributed by atoms with Crippen LogP contribution in [-0.2, 0) is 39.7 Å². The first-order chi connectivity index (χ1) is 25.3. The number of aliphatic hydroxyl groups excluding tert-OH is 2. The number of hydrogen-bond donors (Lipinski definition) is 4. The van der Waals surface area contributed by atoms with Crippen LogP contribution in [0.25, 0.3) is 0 Å². The second kappa shape index (κ2) is 18.8. The van der Waals surface area contributed by atoms with Crippen LogP contribution in [0.5, 0.6) is 0 Å². The van der Waals surface area contributed by atoms with Crippen LogP contribution in [0.15, 0.2) is 30.3 Å². The zero-order valence-corrected chi connectivity index (χ0v) is 34.4. The van der Waals surface area contributed by atoms with Crippen LogP contribution in [0.2, 0.25) is 0 Å². The lowest BCUT2D eigenvalue weighted by Crippen LogP contribution is -2.61. The average molecular weight is 764 g/mol. The van der Waals surface area contributed by atoms with Crippen molar-refractivity contribution in [3.05, 3.63) is 35.9 Å². The summed E-state index contributed by atoms with van der Waals surface area (Å²) in [6, 6.07) is 9.26. The number of aryl methyl sites for hydroxylation is 1. The minimum absolute atomic E-state index is 0.108. The predicted molar refractivity (Wildman–Crippen MR) is 204 cm³/mol. The van der Waals surface area contributed by atoms with Crippen LogP contribution in [0.4, 0.5) is 0 Å². The van der Waals surface area contributed by atoms with E-state index in [9.17, 15) is 24.9 Å². The number of methoxy groups -OCH3 is 1. The number of amides is 2. The van der Waals surface area contributed by atoms with E-state index >= 15 is 0 Å². The fraction of sp³-hybridized carbons (Fsp3) is 0.805. The van der Waals surface area contributed by atoms with Crippen molar-refractivity contribution in [3.8, 4) is 0 Å². The van der Waals surface area contributed by atoms with E-state index in [0.29, 0.717) is 25.8 Å². The third kappa shape index (κ3) is 11.0. The minimum Gasteiger partial charge on any atom is -0.387 e. The molecule has 3 saturated heterocycles. The summed E-state index contributed by atoms with van der Waals surface area (Å²) in [4.78, 5) is 31.7. The van der Waals surface area contributed by atoms with Crippen LogP contribution in [0.1, 0.15) is 86.1 Å². The molecule has 3 aliphatic rings. The third-order valence-electron chi connectivity index (χ3n) is 12.0. The molecular formula is C41H69N3O10. The molecule has 3 aliphatic heterocycles. The molecule has 1 aromatic rings. The third-order valence-corrected chi connectivity index (χ3v) is 12.0. The first kappa shape index (κ1) is 44.5. The first-order valence-electron chi connectivity index (χ1n) is 19.8. The Bertz CT molecular complexity index is 1350. The van der Waals surface area contributed by atoms with Gasteiger partial charge in [0.25, 0.3) is 0 Å². The molecule has 15 atom stereocenters. The van der Waals surface area contributed by atoms with Crippen LogP contribution < -0.4 is 5.32 Å². The van der Waals surface area contributed by atoms with Gasteiger partial charge >= 0.3 is 0 Å².